The lowest BCUT2D eigenvalue weighted by molar-refractivity contribution is -0.114. The Morgan fingerprint density at radius 2 is 2.09 bits per heavy atom. The normalized spacial score (nSPS) is 15.7. The fourth-order valence-corrected chi connectivity index (χ4v) is 5.60. The van der Waals surface area contributed by atoms with Crippen LogP contribution in [0.15, 0.2) is 24.4 Å². The number of nitrogens with one attached hydrogen (secondary N) is 1. The van der Waals surface area contributed by atoms with Crippen LogP contribution < -0.4 is 5.32 Å². The molecule has 1 aliphatic heterocycles. The van der Waals surface area contributed by atoms with Crippen molar-refractivity contribution in [2.45, 2.75) is 32.6 Å². The van der Waals surface area contributed by atoms with Gasteiger partial charge in [0.15, 0.2) is 11.0 Å². The molecular weight excluding hydrogens is 458 g/mol. The maximum absolute atomic E-state index is 11.5. The van der Waals surface area contributed by atoms with Gasteiger partial charge in [-0.05, 0) is 55.5 Å². The van der Waals surface area contributed by atoms with E-state index in [1.807, 2.05) is 12.3 Å². The Balaban J connectivity index is 1.37. The number of fused-ring (bicyclic) bond motifs is 3. The first kappa shape index (κ1) is 22.4. The van der Waals surface area contributed by atoms with Crippen LogP contribution in [0.3, 0.4) is 0 Å². The average Bonchev–Trinajstić information content (AvgIpc) is 3.23. The highest BCUT2D eigenvalue weighted by Gasteiger charge is 2.24. The number of hydrogen-bond acceptors (Lipinski definition) is 7. The van der Waals surface area contributed by atoms with Gasteiger partial charge in [0.25, 0.3) is 0 Å². The van der Waals surface area contributed by atoms with Crippen molar-refractivity contribution in [2.24, 2.45) is 0 Å². The molecule has 0 saturated carbocycles. The predicted octanol–water partition coefficient (Wildman–Crippen LogP) is 4.24. The fraction of sp³-hybridized carbons (Fsp3) is 0.417. The van der Waals surface area contributed by atoms with E-state index in [1.54, 1.807) is 0 Å². The van der Waals surface area contributed by atoms with E-state index in [1.165, 1.54) is 23.8 Å². The zero-order valence-electron chi connectivity index (χ0n) is 18.6. The van der Waals surface area contributed by atoms with Gasteiger partial charge in [-0.15, -0.1) is 0 Å². The number of carbonyl (C=O) groups excluding carboxylic acids is 1. The number of thiazole rings is 1. The second-order valence-electron chi connectivity index (χ2n) is 8.42. The van der Waals surface area contributed by atoms with Gasteiger partial charge in [-0.25, -0.2) is 15.0 Å². The number of benzene rings is 1. The highest BCUT2D eigenvalue weighted by atomic mass is 35.5. The van der Waals surface area contributed by atoms with Crippen molar-refractivity contribution < 1.29 is 9.53 Å². The fourth-order valence-electron chi connectivity index (χ4n) is 4.31. The number of ether oxygens (including phenoxy) is 1. The summed E-state index contributed by atoms with van der Waals surface area (Å²) in [5.74, 6) is 0.498. The second-order valence-corrected chi connectivity index (χ2v) is 9.82. The third-order valence-corrected chi connectivity index (χ3v) is 7.36. The van der Waals surface area contributed by atoms with Crippen molar-refractivity contribution in [1.82, 2.24) is 19.9 Å². The highest BCUT2D eigenvalue weighted by Crippen LogP contribution is 2.39. The molecule has 1 saturated heterocycles. The molecule has 1 aromatic carbocycles. The zero-order valence-corrected chi connectivity index (χ0v) is 20.1. The summed E-state index contributed by atoms with van der Waals surface area (Å²) in [6.07, 6.45) is 5.62. The number of carbonyl (C=O) groups is 1. The lowest BCUT2D eigenvalue weighted by Crippen LogP contribution is -2.36. The summed E-state index contributed by atoms with van der Waals surface area (Å²) in [7, 11) is 0. The third kappa shape index (κ3) is 5.09. The van der Waals surface area contributed by atoms with E-state index in [-0.39, 0.29) is 5.91 Å². The smallest absolute Gasteiger partial charge is 0.223 e. The minimum atomic E-state index is -0.123. The van der Waals surface area contributed by atoms with Crippen molar-refractivity contribution in [3.05, 3.63) is 46.2 Å². The molecule has 0 spiro atoms. The van der Waals surface area contributed by atoms with Crippen LogP contribution in [0.25, 0.3) is 22.0 Å². The van der Waals surface area contributed by atoms with Gasteiger partial charge in [0.2, 0.25) is 5.91 Å². The van der Waals surface area contributed by atoms with Crippen molar-refractivity contribution in [3.63, 3.8) is 0 Å². The van der Waals surface area contributed by atoms with E-state index in [0.29, 0.717) is 16.0 Å². The molecule has 0 atom stereocenters. The van der Waals surface area contributed by atoms with E-state index >= 15 is 0 Å². The first-order chi connectivity index (χ1) is 16.1. The minimum Gasteiger partial charge on any atom is -0.379 e. The summed E-state index contributed by atoms with van der Waals surface area (Å²) in [5.41, 5.74) is 5.05. The molecule has 3 heterocycles. The number of hydrogen-bond donors (Lipinski definition) is 1. The van der Waals surface area contributed by atoms with Gasteiger partial charge in [0, 0.05) is 31.8 Å². The zero-order chi connectivity index (χ0) is 22.8. The first-order valence-corrected chi connectivity index (χ1v) is 12.5. The number of rotatable bonds is 6. The molecule has 0 bridgehead atoms. The maximum Gasteiger partial charge on any atom is 0.223 e. The molecular formula is C24H26ClN5O2S. The van der Waals surface area contributed by atoms with Crippen molar-refractivity contribution in [3.8, 4) is 22.0 Å². The highest BCUT2D eigenvalue weighted by molar-refractivity contribution is 7.19. The van der Waals surface area contributed by atoms with E-state index in [0.717, 1.165) is 85.9 Å². The van der Waals surface area contributed by atoms with Crippen LogP contribution in [0.2, 0.25) is 5.02 Å². The molecule has 5 rings (SSSR count). The van der Waals surface area contributed by atoms with Crippen LogP contribution in [-0.2, 0) is 28.8 Å². The summed E-state index contributed by atoms with van der Waals surface area (Å²) in [6.45, 7) is 6.24. The van der Waals surface area contributed by atoms with E-state index < -0.39 is 0 Å². The topological polar surface area (TPSA) is 80.2 Å². The maximum atomic E-state index is 11.5. The Morgan fingerprint density at radius 1 is 1.24 bits per heavy atom. The van der Waals surface area contributed by atoms with Crippen molar-refractivity contribution >= 4 is 34.0 Å². The summed E-state index contributed by atoms with van der Waals surface area (Å²) in [6, 6.07) is 6.14. The molecule has 2 aliphatic rings. The molecule has 0 radical (unpaired) electrons. The Labute approximate surface area is 202 Å². The molecule has 1 aliphatic carbocycles. The molecule has 1 fully saturated rings. The van der Waals surface area contributed by atoms with E-state index in [9.17, 15) is 4.79 Å². The molecule has 9 heteroatoms. The number of morpholine rings is 1. The summed E-state index contributed by atoms with van der Waals surface area (Å²) in [5, 5.41) is 4.05. The lowest BCUT2D eigenvalue weighted by Gasteiger charge is -2.26. The molecule has 1 amide bonds. The van der Waals surface area contributed by atoms with E-state index in [2.05, 4.69) is 32.3 Å². The van der Waals surface area contributed by atoms with Gasteiger partial charge in [0.1, 0.15) is 0 Å². The van der Waals surface area contributed by atoms with Gasteiger partial charge in [-0.3, -0.25) is 9.69 Å². The molecule has 1 N–H and O–H groups in total. The van der Waals surface area contributed by atoms with Crippen molar-refractivity contribution in [1.29, 1.82) is 0 Å². The van der Waals surface area contributed by atoms with Gasteiger partial charge in [-0.2, -0.15) is 0 Å². The summed E-state index contributed by atoms with van der Waals surface area (Å²) < 4.78 is 5.43. The number of halogens is 1. The SMILES string of the molecule is CC(=O)Nc1nc2c(s1)-c1nc(-c3cc(CCCN4CCOCC4)ccc3Cl)ncc1CC2. The van der Waals surface area contributed by atoms with E-state index in [4.69, 9.17) is 21.3 Å². The number of nitrogens with zero attached hydrogens (tertiary/aromatic N) is 4. The molecule has 2 aromatic heterocycles. The quantitative estimate of drug-likeness (QED) is 0.564. The van der Waals surface area contributed by atoms with Gasteiger partial charge >= 0.3 is 0 Å². The Hall–Kier alpha value is -2.39. The van der Waals surface area contributed by atoms with Crippen LogP contribution in [0.1, 0.15) is 30.2 Å². The lowest BCUT2D eigenvalue weighted by atomic mass is 9.99. The predicted molar refractivity (Wildman–Crippen MR) is 131 cm³/mol. The Bertz CT molecular complexity index is 1180. The molecule has 3 aromatic rings. The van der Waals surface area contributed by atoms with Gasteiger partial charge in [-0.1, -0.05) is 29.0 Å². The summed E-state index contributed by atoms with van der Waals surface area (Å²) >= 11 is 8.03. The molecule has 172 valence electrons. The van der Waals surface area contributed by atoms with Crippen LogP contribution in [0.4, 0.5) is 5.13 Å². The monoisotopic (exact) mass is 483 g/mol. The standard InChI is InChI=1S/C24H26ClN5O2S/c1-15(31)27-24-28-20-7-5-17-14-26-23(29-21(17)22(20)33-24)18-13-16(4-6-19(18)25)3-2-8-30-9-11-32-12-10-30/h4,6,13-14H,2-3,5,7-12H2,1H3,(H,27,28,31). The van der Waals surface area contributed by atoms with Crippen LogP contribution in [0, 0.1) is 0 Å². The molecule has 7 nitrogen and oxygen atoms in total. The number of aromatic nitrogens is 3. The van der Waals surface area contributed by atoms with Crippen molar-refractivity contribution in [2.75, 3.05) is 38.2 Å². The molecule has 0 unspecified atom stereocenters. The first-order valence-electron chi connectivity index (χ1n) is 11.3. The largest absolute Gasteiger partial charge is 0.379 e. The second kappa shape index (κ2) is 9.85. The number of anilines is 1. The average molecular weight is 484 g/mol. The van der Waals surface area contributed by atoms with Gasteiger partial charge in [0.05, 0.1) is 34.5 Å². The van der Waals surface area contributed by atoms with Crippen LogP contribution in [-0.4, -0.2) is 58.6 Å². The Morgan fingerprint density at radius 3 is 2.91 bits per heavy atom. The number of aryl methyl sites for hydroxylation is 3. The minimum absolute atomic E-state index is 0.123. The van der Waals surface area contributed by atoms with Gasteiger partial charge < -0.3 is 10.1 Å². The molecule has 33 heavy (non-hydrogen) atoms. The Kier molecular flexibility index (Phi) is 6.69. The number of amides is 1. The van der Waals surface area contributed by atoms with Crippen LogP contribution >= 0.6 is 22.9 Å². The summed E-state index contributed by atoms with van der Waals surface area (Å²) in [4.78, 5) is 29.0. The third-order valence-electron chi connectivity index (χ3n) is 6.01. The van der Waals surface area contributed by atoms with Crippen LogP contribution in [0.5, 0.6) is 0 Å².